The average Bonchev–Trinajstić information content (AvgIpc) is 2.87. The molecule has 3 aromatic carbocycles. The molecule has 0 fully saturated rings. The predicted molar refractivity (Wildman–Crippen MR) is 87.7 cm³/mol. The molecule has 0 aliphatic heterocycles. The third-order valence-electron chi connectivity index (χ3n) is 3.97. The maximum absolute atomic E-state index is 5.95. The molecule has 1 aromatic heterocycles. The highest BCUT2D eigenvalue weighted by molar-refractivity contribution is 6.04. The van der Waals surface area contributed by atoms with Crippen molar-refractivity contribution < 1.29 is 4.42 Å². The summed E-state index contributed by atoms with van der Waals surface area (Å²) in [5.41, 5.74) is 5.84. The van der Waals surface area contributed by atoms with E-state index in [1.54, 1.807) is 0 Å². The molecule has 0 unspecified atom stereocenters. The molecular weight excluding hydrogens is 256 g/mol. The Hall–Kier alpha value is -2.54. The summed E-state index contributed by atoms with van der Waals surface area (Å²) in [6, 6.07) is 23.4. The van der Waals surface area contributed by atoms with Crippen LogP contribution in [-0.4, -0.2) is 0 Å². The predicted octanol–water partition coefficient (Wildman–Crippen LogP) is 5.49. The Morgan fingerprint density at radius 1 is 0.714 bits per heavy atom. The summed E-state index contributed by atoms with van der Waals surface area (Å²) >= 11 is 0. The topological polar surface area (TPSA) is 13.1 Å². The fourth-order valence-electron chi connectivity index (χ4n) is 2.82. The van der Waals surface area contributed by atoms with Crippen LogP contribution in [0.25, 0.3) is 21.9 Å². The SMILES string of the molecule is Cc1ccc(Cc2ccc3c(c2)oc2ccccc23)cc1. The van der Waals surface area contributed by atoms with E-state index < -0.39 is 0 Å². The van der Waals surface area contributed by atoms with Gasteiger partial charge in [-0.15, -0.1) is 0 Å². The minimum absolute atomic E-state index is 0.938. The van der Waals surface area contributed by atoms with E-state index in [-0.39, 0.29) is 0 Å². The molecule has 0 N–H and O–H groups in total. The molecule has 0 aliphatic carbocycles. The highest BCUT2D eigenvalue weighted by Gasteiger charge is 2.07. The monoisotopic (exact) mass is 272 g/mol. The average molecular weight is 272 g/mol. The van der Waals surface area contributed by atoms with Crippen LogP contribution < -0.4 is 0 Å². The maximum atomic E-state index is 5.95. The molecule has 1 heteroatoms. The summed E-state index contributed by atoms with van der Waals surface area (Å²) in [4.78, 5) is 0. The van der Waals surface area contributed by atoms with Crippen molar-refractivity contribution in [2.45, 2.75) is 13.3 Å². The fraction of sp³-hybridized carbons (Fsp3) is 0.100. The Balaban J connectivity index is 1.76. The van der Waals surface area contributed by atoms with Gasteiger partial charge in [0.2, 0.25) is 0 Å². The van der Waals surface area contributed by atoms with Crippen molar-refractivity contribution in [3.8, 4) is 0 Å². The van der Waals surface area contributed by atoms with E-state index in [4.69, 9.17) is 4.42 Å². The third kappa shape index (κ3) is 2.21. The summed E-state index contributed by atoms with van der Waals surface area (Å²) in [5.74, 6) is 0. The van der Waals surface area contributed by atoms with Crippen molar-refractivity contribution >= 4 is 21.9 Å². The van der Waals surface area contributed by atoms with Crippen LogP contribution in [0.4, 0.5) is 0 Å². The Labute approximate surface area is 123 Å². The first-order valence-electron chi connectivity index (χ1n) is 7.25. The normalized spacial score (nSPS) is 11.3. The number of para-hydroxylation sites is 1. The molecule has 4 rings (SSSR count). The molecule has 0 amide bonds. The van der Waals surface area contributed by atoms with E-state index in [0.717, 1.165) is 17.6 Å². The summed E-state index contributed by atoms with van der Waals surface area (Å²) in [5, 5.41) is 2.38. The summed E-state index contributed by atoms with van der Waals surface area (Å²) in [7, 11) is 0. The van der Waals surface area contributed by atoms with Crippen LogP contribution in [0.1, 0.15) is 16.7 Å². The van der Waals surface area contributed by atoms with Gasteiger partial charge in [0, 0.05) is 10.8 Å². The van der Waals surface area contributed by atoms with E-state index in [2.05, 4.69) is 61.5 Å². The molecule has 0 saturated carbocycles. The summed E-state index contributed by atoms with van der Waals surface area (Å²) in [6.45, 7) is 2.12. The second kappa shape index (κ2) is 4.78. The maximum Gasteiger partial charge on any atom is 0.135 e. The molecule has 21 heavy (non-hydrogen) atoms. The number of furan rings is 1. The van der Waals surface area contributed by atoms with Crippen LogP contribution in [0.2, 0.25) is 0 Å². The van der Waals surface area contributed by atoms with Crippen LogP contribution in [0.15, 0.2) is 71.1 Å². The fourth-order valence-corrected chi connectivity index (χ4v) is 2.82. The van der Waals surface area contributed by atoms with Crippen molar-refractivity contribution in [2.24, 2.45) is 0 Å². The van der Waals surface area contributed by atoms with Gasteiger partial charge in [0.1, 0.15) is 11.2 Å². The molecule has 0 radical (unpaired) electrons. The Bertz CT molecular complexity index is 914. The molecule has 1 nitrogen and oxygen atoms in total. The molecule has 0 bridgehead atoms. The lowest BCUT2D eigenvalue weighted by Crippen LogP contribution is -1.87. The van der Waals surface area contributed by atoms with Gasteiger partial charge in [0.15, 0.2) is 0 Å². The van der Waals surface area contributed by atoms with E-state index >= 15 is 0 Å². The van der Waals surface area contributed by atoms with Gasteiger partial charge in [0.25, 0.3) is 0 Å². The minimum atomic E-state index is 0.938. The Morgan fingerprint density at radius 2 is 1.43 bits per heavy atom. The molecular formula is C20H16O. The van der Waals surface area contributed by atoms with Gasteiger partial charge in [0.05, 0.1) is 0 Å². The van der Waals surface area contributed by atoms with Gasteiger partial charge >= 0.3 is 0 Å². The first-order valence-corrected chi connectivity index (χ1v) is 7.25. The van der Waals surface area contributed by atoms with Gasteiger partial charge in [-0.3, -0.25) is 0 Å². The van der Waals surface area contributed by atoms with E-state index in [9.17, 15) is 0 Å². The van der Waals surface area contributed by atoms with Crippen LogP contribution >= 0.6 is 0 Å². The van der Waals surface area contributed by atoms with Crippen molar-refractivity contribution in [1.29, 1.82) is 0 Å². The molecule has 4 aromatic rings. The highest BCUT2D eigenvalue weighted by atomic mass is 16.3. The lowest BCUT2D eigenvalue weighted by Gasteiger charge is -2.02. The second-order valence-electron chi connectivity index (χ2n) is 5.59. The highest BCUT2D eigenvalue weighted by Crippen LogP contribution is 2.29. The second-order valence-corrected chi connectivity index (χ2v) is 5.59. The number of hydrogen-bond acceptors (Lipinski definition) is 1. The number of fused-ring (bicyclic) bond motifs is 3. The van der Waals surface area contributed by atoms with Crippen molar-refractivity contribution in [3.63, 3.8) is 0 Å². The zero-order chi connectivity index (χ0) is 14.2. The number of hydrogen-bond donors (Lipinski definition) is 0. The van der Waals surface area contributed by atoms with Crippen molar-refractivity contribution in [1.82, 2.24) is 0 Å². The molecule has 1 heterocycles. The number of aryl methyl sites for hydroxylation is 1. The standard InChI is InChI=1S/C20H16O/c1-14-6-8-15(9-7-14)12-16-10-11-18-17-4-2-3-5-19(17)21-20(18)13-16/h2-11,13H,12H2,1H3. The van der Waals surface area contributed by atoms with Crippen molar-refractivity contribution in [3.05, 3.63) is 83.4 Å². The quantitative estimate of drug-likeness (QED) is 0.470. The van der Waals surface area contributed by atoms with E-state index in [1.165, 1.54) is 27.5 Å². The zero-order valence-corrected chi connectivity index (χ0v) is 12.0. The lowest BCUT2D eigenvalue weighted by molar-refractivity contribution is 0.668. The largest absolute Gasteiger partial charge is 0.456 e. The molecule has 0 spiro atoms. The first-order chi connectivity index (χ1) is 10.3. The van der Waals surface area contributed by atoms with Crippen LogP contribution in [0, 0.1) is 6.92 Å². The Kier molecular flexibility index (Phi) is 2.78. The van der Waals surface area contributed by atoms with Crippen molar-refractivity contribution in [2.75, 3.05) is 0 Å². The summed E-state index contributed by atoms with van der Waals surface area (Å²) in [6.07, 6.45) is 0.938. The van der Waals surface area contributed by atoms with Crippen LogP contribution in [0.3, 0.4) is 0 Å². The van der Waals surface area contributed by atoms with Gasteiger partial charge in [-0.05, 0) is 36.6 Å². The third-order valence-corrected chi connectivity index (χ3v) is 3.97. The van der Waals surface area contributed by atoms with E-state index in [1.807, 2.05) is 12.1 Å². The smallest absolute Gasteiger partial charge is 0.135 e. The lowest BCUT2D eigenvalue weighted by atomic mass is 10.0. The van der Waals surface area contributed by atoms with Gasteiger partial charge in [-0.1, -0.05) is 60.2 Å². The van der Waals surface area contributed by atoms with E-state index in [0.29, 0.717) is 0 Å². The molecule has 102 valence electrons. The zero-order valence-electron chi connectivity index (χ0n) is 12.0. The number of benzene rings is 3. The molecule has 0 saturated heterocycles. The number of rotatable bonds is 2. The minimum Gasteiger partial charge on any atom is -0.456 e. The van der Waals surface area contributed by atoms with Gasteiger partial charge in [-0.25, -0.2) is 0 Å². The van der Waals surface area contributed by atoms with Crippen LogP contribution in [0.5, 0.6) is 0 Å². The van der Waals surface area contributed by atoms with Gasteiger partial charge < -0.3 is 4.42 Å². The molecule has 0 atom stereocenters. The van der Waals surface area contributed by atoms with Crippen LogP contribution in [-0.2, 0) is 6.42 Å². The molecule has 0 aliphatic rings. The first kappa shape index (κ1) is 12.2. The van der Waals surface area contributed by atoms with Gasteiger partial charge in [-0.2, -0.15) is 0 Å². The Morgan fingerprint density at radius 3 is 2.29 bits per heavy atom. The summed E-state index contributed by atoms with van der Waals surface area (Å²) < 4.78 is 5.95.